The number of guanidine groups is 1. The number of nitrogens with one attached hydrogen (secondary N) is 2. The van der Waals surface area contributed by atoms with Gasteiger partial charge in [-0.3, -0.25) is 4.99 Å². The summed E-state index contributed by atoms with van der Waals surface area (Å²) in [5.41, 5.74) is 0.294. The van der Waals surface area contributed by atoms with E-state index in [9.17, 15) is 0 Å². The zero-order valence-electron chi connectivity index (χ0n) is 14.1. The van der Waals surface area contributed by atoms with Gasteiger partial charge < -0.3 is 20.3 Å². The Kier molecular flexibility index (Phi) is 6.36. The lowest BCUT2D eigenvalue weighted by Gasteiger charge is -2.37. The van der Waals surface area contributed by atoms with Gasteiger partial charge in [-0.2, -0.15) is 0 Å². The van der Waals surface area contributed by atoms with Crippen molar-refractivity contribution in [3.8, 4) is 0 Å². The Morgan fingerprint density at radius 1 is 1.27 bits per heavy atom. The quantitative estimate of drug-likeness (QED) is 0.413. The van der Waals surface area contributed by atoms with Crippen molar-refractivity contribution < 1.29 is 4.74 Å². The molecule has 2 saturated heterocycles. The van der Waals surface area contributed by atoms with E-state index in [0.717, 1.165) is 18.9 Å². The average Bonchev–Trinajstić information content (AvgIpc) is 3.19. The fourth-order valence-corrected chi connectivity index (χ4v) is 4.22. The molecule has 0 spiro atoms. The summed E-state index contributed by atoms with van der Waals surface area (Å²) < 4.78 is 5.91. The van der Waals surface area contributed by atoms with Gasteiger partial charge in [0.2, 0.25) is 0 Å². The first-order valence-electron chi connectivity index (χ1n) is 8.43. The highest BCUT2D eigenvalue weighted by Gasteiger charge is 2.41. The van der Waals surface area contributed by atoms with Crippen molar-refractivity contribution in [3.63, 3.8) is 0 Å². The Morgan fingerprint density at radius 3 is 2.50 bits per heavy atom. The van der Waals surface area contributed by atoms with E-state index in [2.05, 4.69) is 34.6 Å². The number of hydrogen-bond donors (Lipinski definition) is 2. The van der Waals surface area contributed by atoms with Crippen LogP contribution >= 0.6 is 24.0 Å². The molecule has 0 aromatic heterocycles. The summed E-state index contributed by atoms with van der Waals surface area (Å²) in [6.45, 7) is 0.974. The van der Waals surface area contributed by atoms with Gasteiger partial charge in [-0.1, -0.05) is 12.8 Å². The van der Waals surface area contributed by atoms with Crippen LogP contribution in [0.4, 0.5) is 0 Å². The van der Waals surface area contributed by atoms with E-state index < -0.39 is 0 Å². The second-order valence-electron chi connectivity index (χ2n) is 7.11. The van der Waals surface area contributed by atoms with Crippen LogP contribution in [-0.2, 0) is 4.74 Å². The Balaban J connectivity index is 0.00000176. The van der Waals surface area contributed by atoms with Crippen LogP contribution in [0.2, 0.25) is 0 Å². The largest absolute Gasteiger partial charge is 0.373 e. The number of ether oxygens (including phenoxy) is 1. The molecule has 2 N–H and O–H groups in total. The van der Waals surface area contributed by atoms with Crippen LogP contribution < -0.4 is 10.6 Å². The van der Waals surface area contributed by atoms with Gasteiger partial charge in [-0.25, -0.2) is 0 Å². The minimum absolute atomic E-state index is 0. The summed E-state index contributed by atoms with van der Waals surface area (Å²) in [4.78, 5) is 6.80. The summed E-state index contributed by atoms with van der Waals surface area (Å²) in [5.74, 6) is 0.935. The van der Waals surface area contributed by atoms with Crippen molar-refractivity contribution in [2.45, 2.75) is 68.7 Å². The van der Waals surface area contributed by atoms with Crippen molar-refractivity contribution in [1.82, 2.24) is 15.5 Å². The second-order valence-corrected chi connectivity index (χ2v) is 7.11. The van der Waals surface area contributed by atoms with E-state index in [1.807, 2.05) is 7.05 Å². The molecule has 3 fully saturated rings. The summed E-state index contributed by atoms with van der Waals surface area (Å²) in [7, 11) is 6.26. The van der Waals surface area contributed by atoms with Crippen LogP contribution in [0.1, 0.15) is 44.9 Å². The van der Waals surface area contributed by atoms with E-state index >= 15 is 0 Å². The molecule has 3 atom stereocenters. The minimum Gasteiger partial charge on any atom is -0.373 e. The highest BCUT2D eigenvalue weighted by molar-refractivity contribution is 14.0. The fourth-order valence-electron chi connectivity index (χ4n) is 4.22. The predicted molar refractivity (Wildman–Crippen MR) is 101 cm³/mol. The van der Waals surface area contributed by atoms with E-state index in [-0.39, 0.29) is 24.0 Å². The second kappa shape index (κ2) is 7.66. The van der Waals surface area contributed by atoms with Crippen LogP contribution in [-0.4, -0.2) is 62.3 Å². The zero-order chi connectivity index (χ0) is 14.9. The number of likely N-dealkylation sites (N-methyl/N-ethyl adjacent to an activating group) is 1. The Bertz CT molecular complexity index is 396. The third-order valence-electron chi connectivity index (χ3n) is 5.72. The maximum absolute atomic E-state index is 5.91. The molecule has 1 aliphatic carbocycles. The zero-order valence-corrected chi connectivity index (χ0v) is 16.4. The maximum atomic E-state index is 5.91. The molecule has 0 radical (unpaired) electrons. The number of fused-ring (bicyclic) bond motifs is 2. The van der Waals surface area contributed by atoms with Crippen LogP contribution in [0.5, 0.6) is 0 Å². The van der Waals surface area contributed by atoms with Gasteiger partial charge in [0, 0.05) is 19.1 Å². The Hall–Kier alpha value is -0.0800. The molecule has 2 aliphatic heterocycles. The number of hydrogen-bond acceptors (Lipinski definition) is 3. The molecule has 3 rings (SSSR count). The van der Waals surface area contributed by atoms with Gasteiger partial charge in [-0.15, -0.1) is 24.0 Å². The van der Waals surface area contributed by atoms with Crippen molar-refractivity contribution in [3.05, 3.63) is 0 Å². The standard InChI is InChI=1S/C16H30N4O.HI/c1-17-15(19-13-10-12-6-7-14(13)21-12)18-11-16(20(2)3)8-4-5-9-16;/h12-14H,4-11H2,1-3H3,(H2,17,18,19);1H. The van der Waals surface area contributed by atoms with Gasteiger partial charge in [0.15, 0.2) is 5.96 Å². The van der Waals surface area contributed by atoms with Gasteiger partial charge in [-0.05, 0) is 46.2 Å². The van der Waals surface area contributed by atoms with Crippen molar-refractivity contribution >= 4 is 29.9 Å². The number of halogens is 1. The monoisotopic (exact) mass is 422 g/mol. The summed E-state index contributed by atoms with van der Waals surface area (Å²) >= 11 is 0. The highest BCUT2D eigenvalue weighted by atomic mass is 127. The van der Waals surface area contributed by atoms with Crippen LogP contribution in [0.25, 0.3) is 0 Å². The van der Waals surface area contributed by atoms with Gasteiger partial charge >= 0.3 is 0 Å². The van der Waals surface area contributed by atoms with E-state index in [1.54, 1.807) is 0 Å². The third kappa shape index (κ3) is 3.70. The molecule has 5 nitrogen and oxygen atoms in total. The van der Waals surface area contributed by atoms with Gasteiger partial charge in [0.05, 0.1) is 18.2 Å². The Labute approximate surface area is 151 Å². The van der Waals surface area contributed by atoms with Crippen LogP contribution in [0.3, 0.4) is 0 Å². The van der Waals surface area contributed by atoms with E-state index in [0.29, 0.717) is 23.8 Å². The first-order chi connectivity index (χ1) is 10.1. The summed E-state index contributed by atoms with van der Waals surface area (Å²) in [5, 5.41) is 7.13. The lowest BCUT2D eigenvalue weighted by atomic mass is 9.95. The minimum atomic E-state index is 0. The first kappa shape index (κ1) is 18.3. The molecule has 0 aromatic rings. The van der Waals surface area contributed by atoms with Crippen molar-refractivity contribution in [2.24, 2.45) is 4.99 Å². The summed E-state index contributed by atoms with van der Waals surface area (Å²) in [6.07, 6.45) is 9.67. The van der Waals surface area contributed by atoms with Gasteiger partial charge in [0.1, 0.15) is 0 Å². The lowest BCUT2D eigenvalue weighted by molar-refractivity contribution is 0.0991. The smallest absolute Gasteiger partial charge is 0.191 e. The first-order valence-corrected chi connectivity index (χ1v) is 8.43. The van der Waals surface area contributed by atoms with Crippen LogP contribution in [0, 0.1) is 0 Å². The molecule has 0 aromatic carbocycles. The molecule has 0 amide bonds. The molecule has 6 heteroatoms. The molecule has 1 saturated carbocycles. The molecular formula is C16H31IN4O. The lowest BCUT2D eigenvalue weighted by Crippen LogP contribution is -2.55. The SMILES string of the molecule is CN=C(NCC1(N(C)C)CCCC1)NC1CC2CCC1O2.I. The highest BCUT2D eigenvalue weighted by Crippen LogP contribution is 2.35. The molecule has 2 heterocycles. The van der Waals surface area contributed by atoms with E-state index in [1.165, 1.54) is 38.5 Å². The van der Waals surface area contributed by atoms with Crippen LogP contribution in [0.15, 0.2) is 4.99 Å². The number of aliphatic imine (C=N–C) groups is 1. The number of rotatable bonds is 4. The molecule has 3 aliphatic rings. The fraction of sp³-hybridized carbons (Fsp3) is 0.938. The molecule has 2 bridgehead atoms. The predicted octanol–water partition coefficient (Wildman–Crippen LogP) is 1.96. The Morgan fingerprint density at radius 2 is 2.00 bits per heavy atom. The van der Waals surface area contributed by atoms with Gasteiger partial charge in [0.25, 0.3) is 0 Å². The summed E-state index contributed by atoms with van der Waals surface area (Å²) in [6, 6.07) is 0.439. The third-order valence-corrected chi connectivity index (χ3v) is 5.72. The molecule has 128 valence electrons. The molecule has 3 unspecified atom stereocenters. The van der Waals surface area contributed by atoms with Crippen molar-refractivity contribution in [1.29, 1.82) is 0 Å². The maximum Gasteiger partial charge on any atom is 0.191 e. The normalized spacial score (nSPS) is 33.1. The van der Waals surface area contributed by atoms with Crippen molar-refractivity contribution in [2.75, 3.05) is 27.7 Å². The topological polar surface area (TPSA) is 48.9 Å². The number of nitrogens with zero attached hydrogens (tertiary/aromatic N) is 2. The average molecular weight is 422 g/mol. The van der Waals surface area contributed by atoms with E-state index in [4.69, 9.17) is 4.74 Å². The molecular weight excluding hydrogens is 391 g/mol. The molecule has 22 heavy (non-hydrogen) atoms.